The van der Waals surface area contributed by atoms with Crippen molar-refractivity contribution in [2.24, 2.45) is 5.73 Å². The van der Waals surface area contributed by atoms with Gasteiger partial charge in [-0.25, -0.2) is 0 Å². The van der Waals surface area contributed by atoms with Gasteiger partial charge in [0.25, 0.3) is 0 Å². The fourth-order valence-corrected chi connectivity index (χ4v) is 3.01. The van der Waals surface area contributed by atoms with Gasteiger partial charge in [0.2, 0.25) is 0 Å². The summed E-state index contributed by atoms with van der Waals surface area (Å²) in [5.41, 5.74) is 4.95. The van der Waals surface area contributed by atoms with Gasteiger partial charge >= 0.3 is 0 Å². The van der Waals surface area contributed by atoms with E-state index in [0.717, 1.165) is 6.42 Å². The van der Waals surface area contributed by atoms with Gasteiger partial charge < -0.3 is 15.9 Å². The molecule has 3 nitrogen and oxygen atoms in total. The zero-order valence-corrected chi connectivity index (χ0v) is 15.4. The number of aliphatic hydroxyl groups excluding tert-OH is 2. The van der Waals surface area contributed by atoms with Crippen LogP contribution in [0.4, 0.5) is 0 Å². The van der Waals surface area contributed by atoms with Gasteiger partial charge in [0.15, 0.2) is 5.56 Å². The average Bonchev–Trinajstić information content (AvgIpc) is 2.57. The second-order valence-corrected chi connectivity index (χ2v) is 6.90. The minimum atomic E-state index is -1.50. The lowest BCUT2D eigenvalue weighted by Crippen LogP contribution is -2.57. The molecule has 0 aliphatic heterocycles. The highest BCUT2D eigenvalue weighted by Crippen LogP contribution is 2.20. The molecule has 0 saturated carbocycles. The van der Waals surface area contributed by atoms with Crippen LogP contribution in [0, 0.1) is 0 Å². The molecule has 5 heteroatoms. The van der Waals surface area contributed by atoms with E-state index >= 15 is 0 Å². The van der Waals surface area contributed by atoms with E-state index in [9.17, 15) is 10.2 Å². The van der Waals surface area contributed by atoms with E-state index < -0.39 is 17.7 Å². The predicted molar refractivity (Wildman–Crippen MR) is 101 cm³/mol. The molecule has 1 aromatic carbocycles. The molecule has 0 spiro atoms. The number of alkyl halides is 1. The number of benzene rings is 1. The Morgan fingerprint density at radius 1 is 1.17 bits per heavy atom. The predicted octanol–water partition coefficient (Wildman–Crippen LogP) is 3.55. The van der Waals surface area contributed by atoms with Crippen molar-refractivity contribution in [3.8, 4) is 0 Å². The highest BCUT2D eigenvalue weighted by Gasteiger charge is 2.37. The first-order valence-electron chi connectivity index (χ1n) is 8.31. The summed E-state index contributed by atoms with van der Waals surface area (Å²) in [5, 5.41) is 18.9. The van der Waals surface area contributed by atoms with Crippen LogP contribution in [0.15, 0.2) is 24.3 Å². The normalized spacial score (nSPS) is 15.2. The van der Waals surface area contributed by atoms with E-state index in [1.807, 2.05) is 24.3 Å². The molecule has 0 saturated heterocycles. The quantitative estimate of drug-likeness (QED) is 0.245. The van der Waals surface area contributed by atoms with Crippen molar-refractivity contribution in [3.05, 3.63) is 35.4 Å². The monoisotopic (exact) mass is 357 g/mol. The molecule has 1 aromatic rings. The Morgan fingerprint density at radius 2 is 1.74 bits per heavy atom. The van der Waals surface area contributed by atoms with Crippen LogP contribution in [-0.2, 0) is 6.42 Å². The molecule has 23 heavy (non-hydrogen) atoms. The fraction of sp³-hybridized carbons (Fsp3) is 0.611. The van der Waals surface area contributed by atoms with Crippen LogP contribution in [0.1, 0.15) is 56.6 Å². The number of halogens is 1. The molecule has 2 unspecified atom stereocenters. The Bertz CT molecular complexity index is 478. The molecule has 2 atom stereocenters. The van der Waals surface area contributed by atoms with Gasteiger partial charge in [0, 0.05) is 4.86 Å². The summed E-state index contributed by atoms with van der Waals surface area (Å²) in [6.45, 7) is 1.72. The van der Waals surface area contributed by atoms with Crippen molar-refractivity contribution in [2.45, 2.75) is 63.0 Å². The molecule has 1 rings (SSSR count). The molecule has 0 heterocycles. The van der Waals surface area contributed by atoms with Crippen LogP contribution in [0.25, 0.3) is 0 Å². The Kier molecular flexibility index (Phi) is 9.25. The third-order valence-electron chi connectivity index (χ3n) is 4.14. The minimum absolute atomic E-state index is 0.272. The van der Waals surface area contributed by atoms with Crippen molar-refractivity contribution in [1.82, 2.24) is 0 Å². The molecule has 0 aliphatic rings. The highest BCUT2D eigenvalue weighted by molar-refractivity contribution is 7.81. The van der Waals surface area contributed by atoms with E-state index in [2.05, 4.69) is 6.92 Å². The first-order chi connectivity index (χ1) is 11.0. The number of aliphatic hydroxyl groups is 2. The summed E-state index contributed by atoms with van der Waals surface area (Å²) < 4.78 is 0. The van der Waals surface area contributed by atoms with Gasteiger partial charge in [0.05, 0.1) is 6.61 Å². The summed E-state index contributed by atoms with van der Waals surface area (Å²) in [7, 11) is 0. The van der Waals surface area contributed by atoms with E-state index in [1.54, 1.807) is 0 Å². The molecule has 0 aromatic heterocycles. The molecule has 130 valence electrons. The van der Waals surface area contributed by atoms with Gasteiger partial charge in [-0.1, -0.05) is 87.1 Å². The van der Waals surface area contributed by atoms with E-state index in [0.29, 0.717) is 5.56 Å². The van der Waals surface area contributed by atoms with Crippen molar-refractivity contribution in [2.75, 3.05) is 6.61 Å². The zero-order valence-electron chi connectivity index (χ0n) is 13.8. The summed E-state index contributed by atoms with van der Waals surface area (Å²) in [4.78, 5) is 0.272. The molecular formula is C18H28ClNO2S. The second-order valence-electron chi connectivity index (χ2n) is 6.08. The molecule has 0 bridgehead atoms. The third-order valence-corrected chi connectivity index (χ3v) is 5.15. The van der Waals surface area contributed by atoms with E-state index in [1.165, 1.54) is 44.1 Å². The Labute approximate surface area is 149 Å². The number of unbranched alkanes of at least 4 members (excludes halogenated alkanes) is 5. The SMILES string of the molecule is CCCCCCCCc1ccc(C(=S)C(N)(CO)C(O)Cl)cc1. The summed E-state index contributed by atoms with van der Waals surface area (Å²) in [6, 6.07) is 7.80. The maximum atomic E-state index is 9.56. The lowest BCUT2D eigenvalue weighted by molar-refractivity contribution is 0.138. The van der Waals surface area contributed by atoms with Gasteiger partial charge in [-0.3, -0.25) is 0 Å². The first kappa shape index (κ1) is 20.5. The molecule has 0 aliphatic carbocycles. The number of hydrogen-bond acceptors (Lipinski definition) is 4. The fourth-order valence-electron chi connectivity index (χ4n) is 2.46. The van der Waals surface area contributed by atoms with Crippen LogP contribution in [-0.4, -0.2) is 32.8 Å². The van der Waals surface area contributed by atoms with Gasteiger partial charge in [-0.15, -0.1) is 0 Å². The molecular weight excluding hydrogens is 330 g/mol. The Balaban J connectivity index is 2.54. The number of rotatable bonds is 11. The first-order valence-corrected chi connectivity index (χ1v) is 9.15. The van der Waals surface area contributed by atoms with Crippen LogP contribution < -0.4 is 5.73 Å². The zero-order chi connectivity index (χ0) is 17.3. The van der Waals surface area contributed by atoms with E-state index in [4.69, 9.17) is 29.6 Å². The number of hydrogen-bond donors (Lipinski definition) is 3. The number of nitrogens with two attached hydrogens (primary N) is 1. The average molecular weight is 358 g/mol. The maximum absolute atomic E-state index is 9.56. The van der Waals surface area contributed by atoms with Crippen molar-refractivity contribution in [1.29, 1.82) is 0 Å². The third kappa shape index (κ3) is 6.12. The standard InChI is InChI=1S/C18H28ClNO2S/c1-2-3-4-5-6-7-8-14-9-11-15(12-10-14)16(23)18(20,13-21)17(19)22/h9-12,17,21-22H,2-8,13,20H2,1H3. The highest BCUT2D eigenvalue weighted by atomic mass is 35.5. The number of thiocarbonyl (C=S) groups is 1. The smallest absolute Gasteiger partial charge is 0.153 e. The number of aryl methyl sites for hydroxylation is 1. The van der Waals surface area contributed by atoms with Gasteiger partial charge in [-0.2, -0.15) is 0 Å². The summed E-state index contributed by atoms with van der Waals surface area (Å²) >= 11 is 11.0. The topological polar surface area (TPSA) is 66.5 Å². The Hall–Kier alpha value is -0.520. The molecule has 0 radical (unpaired) electrons. The van der Waals surface area contributed by atoms with Gasteiger partial charge in [-0.05, 0) is 24.0 Å². The van der Waals surface area contributed by atoms with Crippen LogP contribution in [0.5, 0.6) is 0 Å². The maximum Gasteiger partial charge on any atom is 0.153 e. The van der Waals surface area contributed by atoms with Crippen molar-refractivity contribution < 1.29 is 10.2 Å². The van der Waals surface area contributed by atoms with Crippen LogP contribution in [0.2, 0.25) is 0 Å². The lowest BCUT2D eigenvalue weighted by Gasteiger charge is -2.29. The largest absolute Gasteiger partial charge is 0.394 e. The summed E-state index contributed by atoms with van der Waals surface area (Å²) in [5.74, 6) is 0. The van der Waals surface area contributed by atoms with Crippen LogP contribution >= 0.6 is 23.8 Å². The van der Waals surface area contributed by atoms with Crippen molar-refractivity contribution >= 4 is 28.7 Å². The second kappa shape index (κ2) is 10.4. The Morgan fingerprint density at radius 3 is 2.26 bits per heavy atom. The molecule has 0 amide bonds. The van der Waals surface area contributed by atoms with E-state index in [-0.39, 0.29) is 4.86 Å². The van der Waals surface area contributed by atoms with Crippen molar-refractivity contribution in [3.63, 3.8) is 0 Å². The minimum Gasteiger partial charge on any atom is -0.394 e. The molecule has 0 fully saturated rings. The lowest BCUT2D eigenvalue weighted by atomic mass is 9.92. The summed E-state index contributed by atoms with van der Waals surface area (Å²) in [6.07, 6.45) is 8.71. The van der Waals surface area contributed by atoms with Gasteiger partial charge in [0.1, 0.15) is 5.54 Å². The molecule has 4 N–H and O–H groups in total. The van der Waals surface area contributed by atoms with Crippen LogP contribution in [0.3, 0.4) is 0 Å².